The predicted molar refractivity (Wildman–Crippen MR) is 142 cm³/mol. The minimum absolute atomic E-state index is 0.0394. The number of halogens is 1. The molecule has 0 saturated carbocycles. The van der Waals surface area contributed by atoms with Crippen molar-refractivity contribution in [3.63, 3.8) is 0 Å². The average Bonchev–Trinajstić information content (AvgIpc) is 3.10. The summed E-state index contributed by atoms with van der Waals surface area (Å²) in [5.74, 6) is -0.926. The van der Waals surface area contributed by atoms with Crippen LogP contribution in [0.3, 0.4) is 0 Å². The van der Waals surface area contributed by atoms with Crippen LogP contribution in [0.25, 0.3) is 10.8 Å². The maximum atomic E-state index is 13.4. The van der Waals surface area contributed by atoms with E-state index in [2.05, 4.69) is 5.32 Å². The first-order valence-corrected chi connectivity index (χ1v) is 14.0. The van der Waals surface area contributed by atoms with Gasteiger partial charge in [-0.05, 0) is 61.9 Å². The highest BCUT2D eigenvalue weighted by molar-refractivity contribution is 7.93. The van der Waals surface area contributed by atoms with Gasteiger partial charge in [0.2, 0.25) is 11.8 Å². The highest BCUT2D eigenvalue weighted by atomic mass is 32.2. The van der Waals surface area contributed by atoms with Crippen LogP contribution in [-0.2, 0) is 26.2 Å². The van der Waals surface area contributed by atoms with Gasteiger partial charge in [-0.25, -0.2) is 12.8 Å². The van der Waals surface area contributed by atoms with Gasteiger partial charge in [0, 0.05) is 30.9 Å². The lowest BCUT2D eigenvalue weighted by Crippen LogP contribution is -2.49. The van der Waals surface area contributed by atoms with Crippen molar-refractivity contribution in [3.05, 3.63) is 72.0 Å². The fourth-order valence-electron chi connectivity index (χ4n) is 4.55. The summed E-state index contributed by atoms with van der Waals surface area (Å²) >= 11 is 0. The second-order valence-electron chi connectivity index (χ2n) is 9.45. The molecule has 196 valence electrons. The lowest BCUT2D eigenvalue weighted by Gasteiger charge is -2.30. The van der Waals surface area contributed by atoms with E-state index >= 15 is 0 Å². The van der Waals surface area contributed by atoms with Crippen LogP contribution in [0.1, 0.15) is 45.6 Å². The summed E-state index contributed by atoms with van der Waals surface area (Å²) in [6, 6.07) is 15.7. The van der Waals surface area contributed by atoms with Gasteiger partial charge in [-0.2, -0.15) is 0 Å². The van der Waals surface area contributed by atoms with E-state index < -0.39 is 16.1 Å². The summed E-state index contributed by atoms with van der Waals surface area (Å²) < 4.78 is 41.2. The van der Waals surface area contributed by atoms with E-state index in [1.54, 1.807) is 37.3 Å². The second kappa shape index (κ2) is 10.9. The van der Waals surface area contributed by atoms with Crippen molar-refractivity contribution in [2.24, 2.45) is 0 Å². The number of carbonyl (C=O) groups is 2. The number of sulfonamides is 1. The summed E-state index contributed by atoms with van der Waals surface area (Å²) in [4.78, 5) is 28.0. The van der Waals surface area contributed by atoms with Crippen LogP contribution in [0, 0.1) is 5.82 Å². The Kier molecular flexibility index (Phi) is 7.82. The van der Waals surface area contributed by atoms with E-state index in [1.165, 1.54) is 21.3 Å². The predicted octanol–water partition coefficient (Wildman–Crippen LogP) is 4.60. The standard InChI is InChI=1S/C28H32FN3O4S/c1-4-19(2)30-28(34)20(3)31(18-21-13-15-23(29)16-14-21)26(33)12-7-17-32-24-10-5-8-22-9-6-11-25(27(22)24)37(32,35)36/h5-6,8-11,13-16,19-20H,4,7,12,17-18H2,1-3H3,(H,30,34)/t19-,20+/m1/s1. The zero-order chi connectivity index (χ0) is 26.7. The third-order valence-corrected chi connectivity index (χ3v) is 8.72. The molecule has 2 atom stereocenters. The molecule has 0 aromatic heterocycles. The molecule has 1 aliphatic heterocycles. The van der Waals surface area contributed by atoms with Crippen molar-refractivity contribution in [2.45, 2.75) is 63.6 Å². The molecule has 1 aliphatic rings. The maximum Gasteiger partial charge on any atom is 0.265 e. The minimum atomic E-state index is -3.71. The van der Waals surface area contributed by atoms with Crippen molar-refractivity contribution in [2.75, 3.05) is 10.8 Å². The Labute approximate surface area is 217 Å². The normalized spacial score (nSPS) is 15.4. The third kappa shape index (κ3) is 5.46. The van der Waals surface area contributed by atoms with Crippen LogP contribution in [0.4, 0.5) is 10.1 Å². The van der Waals surface area contributed by atoms with Crippen LogP contribution in [0.5, 0.6) is 0 Å². The minimum Gasteiger partial charge on any atom is -0.352 e. The van der Waals surface area contributed by atoms with Gasteiger partial charge in [-0.15, -0.1) is 0 Å². The van der Waals surface area contributed by atoms with Crippen molar-refractivity contribution >= 4 is 38.3 Å². The molecule has 0 saturated heterocycles. The molecule has 0 bridgehead atoms. The van der Waals surface area contributed by atoms with Crippen molar-refractivity contribution in [1.82, 2.24) is 10.2 Å². The molecular formula is C28H32FN3O4S. The zero-order valence-electron chi connectivity index (χ0n) is 21.3. The highest BCUT2D eigenvalue weighted by Crippen LogP contribution is 2.42. The average molecular weight is 526 g/mol. The number of hydrogen-bond donors (Lipinski definition) is 1. The van der Waals surface area contributed by atoms with Gasteiger partial charge in [-0.1, -0.05) is 43.3 Å². The lowest BCUT2D eigenvalue weighted by molar-refractivity contribution is -0.140. The van der Waals surface area contributed by atoms with E-state index in [9.17, 15) is 22.4 Å². The van der Waals surface area contributed by atoms with Gasteiger partial charge < -0.3 is 10.2 Å². The van der Waals surface area contributed by atoms with Crippen LogP contribution < -0.4 is 9.62 Å². The molecule has 3 aromatic carbocycles. The van der Waals surface area contributed by atoms with Gasteiger partial charge in [0.05, 0.1) is 10.6 Å². The van der Waals surface area contributed by atoms with Crippen LogP contribution >= 0.6 is 0 Å². The van der Waals surface area contributed by atoms with Crippen molar-refractivity contribution in [1.29, 1.82) is 0 Å². The molecule has 9 heteroatoms. The molecule has 1 N–H and O–H groups in total. The molecule has 0 radical (unpaired) electrons. The second-order valence-corrected chi connectivity index (χ2v) is 11.3. The van der Waals surface area contributed by atoms with Crippen LogP contribution in [-0.4, -0.2) is 43.8 Å². The number of amides is 2. The number of carbonyl (C=O) groups excluding carboxylic acids is 2. The first kappa shape index (κ1) is 26.6. The van der Waals surface area contributed by atoms with Crippen LogP contribution in [0.15, 0.2) is 65.6 Å². The van der Waals surface area contributed by atoms with Gasteiger partial charge in [-0.3, -0.25) is 13.9 Å². The van der Waals surface area contributed by atoms with E-state index in [1.807, 2.05) is 32.0 Å². The number of benzene rings is 3. The van der Waals surface area contributed by atoms with Gasteiger partial charge in [0.15, 0.2) is 0 Å². The van der Waals surface area contributed by atoms with Gasteiger partial charge in [0.25, 0.3) is 10.0 Å². The van der Waals surface area contributed by atoms with Gasteiger partial charge in [0.1, 0.15) is 11.9 Å². The molecular weight excluding hydrogens is 493 g/mol. The number of nitrogens with zero attached hydrogens (tertiary/aromatic N) is 2. The number of nitrogens with one attached hydrogen (secondary N) is 1. The van der Waals surface area contributed by atoms with Gasteiger partial charge >= 0.3 is 0 Å². The summed E-state index contributed by atoms with van der Waals surface area (Å²) in [6.45, 7) is 5.80. The smallest absolute Gasteiger partial charge is 0.265 e. The maximum absolute atomic E-state index is 13.4. The summed E-state index contributed by atoms with van der Waals surface area (Å²) in [7, 11) is -3.71. The molecule has 0 unspecified atom stereocenters. The first-order valence-electron chi connectivity index (χ1n) is 12.5. The zero-order valence-corrected chi connectivity index (χ0v) is 22.1. The van der Waals surface area contributed by atoms with Crippen LogP contribution in [0.2, 0.25) is 0 Å². The molecule has 2 amide bonds. The number of hydrogen-bond acceptors (Lipinski definition) is 4. The molecule has 0 aliphatic carbocycles. The van der Waals surface area contributed by atoms with Crippen molar-refractivity contribution < 1.29 is 22.4 Å². The van der Waals surface area contributed by atoms with E-state index in [-0.39, 0.29) is 54.5 Å². The Morgan fingerprint density at radius 1 is 1.03 bits per heavy atom. The number of anilines is 1. The monoisotopic (exact) mass is 525 g/mol. The lowest BCUT2D eigenvalue weighted by atomic mass is 10.1. The van der Waals surface area contributed by atoms with Crippen molar-refractivity contribution in [3.8, 4) is 0 Å². The number of rotatable bonds is 10. The Balaban J connectivity index is 1.49. The molecule has 0 spiro atoms. The SMILES string of the molecule is CC[C@@H](C)NC(=O)[C@H](C)N(Cc1ccc(F)cc1)C(=O)CCCN1c2cccc3cccc(c23)S1(=O)=O. The summed E-state index contributed by atoms with van der Waals surface area (Å²) in [6.07, 6.45) is 1.09. The molecule has 4 rings (SSSR count). The Morgan fingerprint density at radius 3 is 2.38 bits per heavy atom. The summed E-state index contributed by atoms with van der Waals surface area (Å²) in [5.41, 5.74) is 1.31. The van der Waals surface area contributed by atoms with E-state index in [4.69, 9.17) is 0 Å². The third-order valence-electron chi connectivity index (χ3n) is 6.87. The Hall–Kier alpha value is -3.46. The fourth-order valence-corrected chi connectivity index (χ4v) is 6.30. The van der Waals surface area contributed by atoms with E-state index in [0.29, 0.717) is 16.6 Å². The molecule has 0 fully saturated rings. The van der Waals surface area contributed by atoms with E-state index in [0.717, 1.165) is 11.8 Å². The highest BCUT2D eigenvalue weighted by Gasteiger charge is 2.35. The molecule has 3 aromatic rings. The Bertz CT molecular complexity index is 1400. The molecule has 37 heavy (non-hydrogen) atoms. The fraction of sp³-hybridized carbons (Fsp3) is 0.357. The summed E-state index contributed by atoms with van der Waals surface area (Å²) in [5, 5.41) is 4.46. The topological polar surface area (TPSA) is 86.8 Å². The molecule has 1 heterocycles. The largest absolute Gasteiger partial charge is 0.352 e. The quantitative estimate of drug-likeness (QED) is 0.419. The Morgan fingerprint density at radius 2 is 1.70 bits per heavy atom. The molecule has 7 nitrogen and oxygen atoms in total. The first-order chi connectivity index (χ1) is 17.6.